The van der Waals surface area contributed by atoms with Crippen molar-refractivity contribution in [3.8, 4) is 17.5 Å². The maximum absolute atomic E-state index is 12.7. The molecule has 158 valence electrons. The molecule has 0 saturated heterocycles. The van der Waals surface area contributed by atoms with Crippen LogP contribution in [-0.2, 0) is 6.18 Å². The Hall–Kier alpha value is -3.78. The van der Waals surface area contributed by atoms with E-state index in [1.807, 2.05) is 6.07 Å². The maximum atomic E-state index is 12.7. The SMILES string of the molecule is C[C@H](NC(=O)Nc1cnc(C(F)(F)F)cc1Cl)c1nccnc1-c1ccc(C#N)cn1. The molecule has 1 atom stereocenters. The quantitative estimate of drug-likeness (QED) is 0.613. The van der Waals surface area contributed by atoms with Crippen LogP contribution < -0.4 is 10.6 Å². The van der Waals surface area contributed by atoms with Gasteiger partial charge in [0.1, 0.15) is 17.5 Å². The van der Waals surface area contributed by atoms with Crippen molar-refractivity contribution < 1.29 is 18.0 Å². The molecule has 0 unspecified atom stereocenters. The Kier molecular flexibility index (Phi) is 6.31. The van der Waals surface area contributed by atoms with E-state index < -0.39 is 23.9 Å². The number of alkyl halides is 3. The van der Waals surface area contributed by atoms with Gasteiger partial charge in [-0.25, -0.2) is 9.78 Å². The molecule has 31 heavy (non-hydrogen) atoms. The molecule has 0 fully saturated rings. The Morgan fingerprint density at radius 3 is 2.52 bits per heavy atom. The highest BCUT2D eigenvalue weighted by Gasteiger charge is 2.33. The number of carbonyl (C=O) groups is 1. The fourth-order valence-corrected chi connectivity index (χ4v) is 2.76. The average Bonchev–Trinajstić information content (AvgIpc) is 2.74. The van der Waals surface area contributed by atoms with Crippen LogP contribution in [0.2, 0.25) is 5.02 Å². The van der Waals surface area contributed by atoms with Crippen LogP contribution in [0, 0.1) is 11.3 Å². The standard InChI is InChI=1S/C19H13ClF3N7O/c1-10(16-17(26-5-4-25-16)13-3-2-11(7-24)8-27-13)29-18(31)30-14-9-28-15(6-12(14)20)19(21,22)23/h2-6,8-10H,1H3,(H2,29,30,31)/t10-/m0/s1. The van der Waals surface area contributed by atoms with E-state index in [1.54, 1.807) is 19.1 Å². The summed E-state index contributed by atoms with van der Waals surface area (Å²) >= 11 is 5.83. The van der Waals surface area contributed by atoms with Crippen molar-refractivity contribution in [3.05, 3.63) is 65.0 Å². The lowest BCUT2D eigenvalue weighted by Crippen LogP contribution is -2.32. The first-order chi connectivity index (χ1) is 14.7. The highest BCUT2D eigenvalue weighted by atomic mass is 35.5. The number of carbonyl (C=O) groups excluding carboxylic acids is 1. The van der Waals surface area contributed by atoms with Crippen LogP contribution in [0.15, 0.2) is 43.0 Å². The fourth-order valence-electron chi connectivity index (χ4n) is 2.56. The molecule has 3 aromatic rings. The Morgan fingerprint density at radius 1 is 1.16 bits per heavy atom. The summed E-state index contributed by atoms with van der Waals surface area (Å²) in [6, 6.07) is 4.38. The molecule has 0 aromatic carbocycles. The predicted octanol–water partition coefficient (Wildman–Crippen LogP) is 4.36. The van der Waals surface area contributed by atoms with E-state index >= 15 is 0 Å². The fraction of sp³-hybridized carbons (Fsp3) is 0.158. The molecule has 3 aromatic heterocycles. The summed E-state index contributed by atoms with van der Waals surface area (Å²) in [5, 5.41) is 13.5. The number of aromatic nitrogens is 4. The first kappa shape index (κ1) is 21.9. The van der Waals surface area contributed by atoms with Crippen LogP contribution >= 0.6 is 11.6 Å². The van der Waals surface area contributed by atoms with E-state index in [4.69, 9.17) is 16.9 Å². The third-order valence-corrected chi connectivity index (χ3v) is 4.32. The second kappa shape index (κ2) is 8.93. The van der Waals surface area contributed by atoms with Crippen molar-refractivity contribution in [1.82, 2.24) is 25.3 Å². The van der Waals surface area contributed by atoms with Gasteiger partial charge < -0.3 is 10.6 Å². The molecule has 0 aliphatic heterocycles. The Labute approximate surface area is 179 Å². The van der Waals surface area contributed by atoms with Gasteiger partial charge in [0.2, 0.25) is 0 Å². The highest BCUT2D eigenvalue weighted by Crippen LogP contribution is 2.32. The lowest BCUT2D eigenvalue weighted by molar-refractivity contribution is -0.141. The number of amides is 2. The van der Waals surface area contributed by atoms with Crippen LogP contribution in [0.1, 0.15) is 29.9 Å². The molecule has 0 bridgehead atoms. The Bertz CT molecular complexity index is 1150. The minimum absolute atomic E-state index is 0.0903. The van der Waals surface area contributed by atoms with Gasteiger partial charge in [0, 0.05) is 18.6 Å². The molecular formula is C19H13ClF3N7O. The number of urea groups is 1. The van der Waals surface area contributed by atoms with Crippen LogP contribution in [-0.4, -0.2) is 26.0 Å². The molecule has 2 amide bonds. The van der Waals surface area contributed by atoms with Gasteiger partial charge in [-0.1, -0.05) is 11.6 Å². The summed E-state index contributed by atoms with van der Waals surface area (Å²) < 4.78 is 38.1. The average molecular weight is 448 g/mol. The summed E-state index contributed by atoms with van der Waals surface area (Å²) in [5.41, 5.74) is 0.358. The van der Waals surface area contributed by atoms with E-state index in [0.717, 1.165) is 6.20 Å². The second-order valence-electron chi connectivity index (χ2n) is 6.20. The zero-order valence-electron chi connectivity index (χ0n) is 15.8. The van der Waals surface area contributed by atoms with E-state index in [2.05, 4.69) is 30.6 Å². The van der Waals surface area contributed by atoms with Gasteiger partial charge in [-0.05, 0) is 25.1 Å². The minimum atomic E-state index is -4.65. The number of rotatable bonds is 4. The van der Waals surface area contributed by atoms with Crippen molar-refractivity contribution in [2.45, 2.75) is 19.1 Å². The first-order valence-corrected chi connectivity index (χ1v) is 9.04. The molecule has 2 N–H and O–H groups in total. The van der Waals surface area contributed by atoms with E-state index in [1.165, 1.54) is 18.6 Å². The number of hydrogen-bond donors (Lipinski definition) is 2. The number of nitrogens with one attached hydrogen (secondary N) is 2. The molecule has 0 saturated carbocycles. The summed E-state index contributed by atoms with van der Waals surface area (Å²) in [7, 11) is 0. The molecule has 0 radical (unpaired) electrons. The number of pyridine rings is 2. The molecule has 3 rings (SSSR count). The number of nitrogens with zero attached hydrogens (tertiary/aromatic N) is 5. The van der Waals surface area contributed by atoms with Gasteiger partial charge >= 0.3 is 12.2 Å². The number of halogens is 4. The highest BCUT2D eigenvalue weighted by molar-refractivity contribution is 6.33. The van der Waals surface area contributed by atoms with Crippen LogP contribution in [0.25, 0.3) is 11.4 Å². The molecule has 0 aliphatic rings. The Morgan fingerprint density at radius 2 is 1.90 bits per heavy atom. The summed E-state index contributed by atoms with van der Waals surface area (Å²) in [6.45, 7) is 1.64. The molecule has 12 heteroatoms. The Balaban J connectivity index is 1.76. The van der Waals surface area contributed by atoms with Crippen LogP contribution in [0.4, 0.5) is 23.7 Å². The number of anilines is 1. The minimum Gasteiger partial charge on any atom is -0.330 e. The molecule has 8 nitrogen and oxygen atoms in total. The zero-order valence-corrected chi connectivity index (χ0v) is 16.5. The third kappa shape index (κ3) is 5.23. The second-order valence-corrected chi connectivity index (χ2v) is 6.61. The van der Waals surface area contributed by atoms with Crippen molar-refractivity contribution in [3.63, 3.8) is 0 Å². The molecule has 0 spiro atoms. The summed E-state index contributed by atoms with van der Waals surface area (Å²) in [5.74, 6) is 0. The maximum Gasteiger partial charge on any atom is 0.433 e. The summed E-state index contributed by atoms with van der Waals surface area (Å²) in [6.07, 6.45) is 0.456. The summed E-state index contributed by atoms with van der Waals surface area (Å²) in [4.78, 5) is 28.3. The van der Waals surface area contributed by atoms with E-state index in [0.29, 0.717) is 28.7 Å². The van der Waals surface area contributed by atoms with Crippen molar-refractivity contribution in [2.75, 3.05) is 5.32 Å². The number of hydrogen-bond acceptors (Lipinski definition) is 6. The third-order valence-electron chi connectivity index (χ3n) is 4.01. The van der Waals surface area contributed by atoms with Gasteiger partial charge in [0.05, 0.1) is 39.9 Å². The monoisotopic (exact) mass is 447 g/mol. The smallest absolute Gasteiger partial charge is 0.330 e. The predicted molar refractivity (Wildman–Crippen MR) is 105 cm³/mol. The van der Waals surface area contributed by atoms with Gasteiger partial charge in [-0.2, -0.15) is 18.4 Å². The van der Waals surface area contributed by atoms with Crippen molar-refractivity contribution in [1.29, 1.82) is 5.26 Å². The van der Waals surface area contributed by atoms with Gasteiger partial charge in [-0.3, -0.25) is 15.0 Å². The van der Waals surface area contributed by atoms with Crippen molar-refractivity contribution >= 4 is 23.3 Å². The lowest BCUT2D eigenvalue weighted by atomic mass is 10.1. The van der Waals surface area contributed by atoms with Crippen molar-refractivity contribution in [2.24, 2.45) is 0 Å². The van der Waals surface area contributed by atoms with Gasteiger partial charge in [-0.15, -0.1) is 0 Å². The lowest BCUT2D eigenvalue weighted by Gasteiger charge is -2.17. The van der Waals surface area contributed by atoms with Gasteiger partial charge in [0.25, 0.3) is 0 Å². The largest absolute Gasteiger partial charge is 0.433 e. The van der Waals surface area contributed by atoms with Gasteiger partial charge in [0.15, 0.2) is 0 Å². The molecular weight excluding hydrogens is 435 g/mol. The van der Waals surface area contributed by atoms with Crippen LogP contribution in [0.3, 0.4) is 0 Å². The zero-order chi connectivity index (χ0) is 22.6. The first-order valence-electron chi connectivity index (χ1n) is 8.66. The normalized spacial score (nSPS) is 12.0. The molecule has 3 heterocycles. The topological polar surface area (TPSA) is 116 Å². The number of nitriles is 1. The van der Waals surface area contributed by atoms with Crippen LogP contribution in [0.5, 0.6) is 0 Å². The van der Waals surface area contributed by atoms with E-state index in [-0.39, 0.29) is 10.7 Å². The van der Waals surface area contributed by atoms with E-state index in [9.17, 15) is 18.0 Å². The molecule has 0 aliphatic carbocycles.